The van der Waals surface area contributed by atoms with Crippen molar-refractivity contribution >= 4 is 28.7 Å². The van der Waals surface area contributed by atoms with Crippen LogP contribution in [0, 0.1) is 5.82 Å². The summed E-state index contributed by atoms with van der Waals surface area (Å²) in [4.78, 5) is 41.1. The molecule has 0 fully saturated rings. The highest BCUT2D eigenvalue weighted by Gasteiger charge is 2.24. The van der Waals surface area contributed by atoms with E-state index in [9.17, 15) is 9.59 Å². The summed E-state index contributed by atoms with van der Waals surface area (Å²) in [7, 11) is 0. The number of benzene rings is 2. The summed E-state index contributed by atoms with van der Waals surface area (Å²) in [6.07, 6.45) is 1.61. The Labute approximate surface area is 235 Å². The molecule has 41 heavy (non-hydrogen) atoms. The lowest BCUT2D eigenvalue weighted by atomic mass is 9.96. The number of pyridine rings is 1. The van der Waals surface area contributed by atoms with Gasteiger partial charge in [-0.1, -0.05) is 56.8 Å². The Morgan fingerprint density at radius 3 is 2.56 bits per heavy atom. The Kier molecular flexibility index (Phi) is 7.19. The van der Waals surface area contributed by atoms with Crippen molar-refractivity contribution in [3.8, 4) is 22.5 Å². The van der Waals surface area contributed by atoms with Gasteiger partial charge in [-0.25, -0.2) is 14.4 Å². The summed E-state index contributed by atoms with van der Waals surface area (Å²) in [6, 6.07) is 13.7. The van der Waals surface area contributed by atoms with Gasteiger partial charge in [0.25, 0.3) is 5.91 Å². The molecule has 0 atom stereocenters. The van der Waals surface area contributed by atoms with Gasteiger partial charge in [0, 0.05) is 40.4 Å². The van der Waals surface area contributed by atoms with Crippen molar-refractivity contribution in [2.45, 2.75) is 39.7 Å². The number of nitrogens with one attached hydrogen (secondary N) is 3. The molecule has 0 aliphatic rings. The van der Waals surface area contributed by atoms with E-state index in [4.69, 9.17) is 9.51 Å². The first kappa shape index (κ1) is 27.4. The lowest BCUT2D eigenvalue weighted by Gasteiger charge is -2.10. The maximum Gasteiger partial charge on any atom is 0.315 e. The van der Waals surface area contributed by atoms with Crippen LogP contribution in [0.25, 0.3) is 33.7 Å². The number of halogens is 1. The summed E-state index contributed by atoms with van der Waals surface area (Å²) < 4.78 is 20.2. The molecule has 0 radical (unpaired) electrons. The van der Waals surface area contributed by atoms with Gasteiger partial charge < -0.3 is 20.1 Å². The van der Waals surface area contributed by atoms with Gasteiger partial charge in [0.2, 0.25) is 0 Å². The van der Waals surface area contributed by atoms with Crippen LogP contribution in [0.1, 0.15) is 49.8 Å². The molecule has 0 saturated heterocycles. The topological polar surface area (TPSA) is 139 Å². The number of amides is 2. The molecule has 3 aromatic heterocycles. The largest absolute Gasteiger partial charge is 0.344 e. The fourth-order valence-electron chi connectivity index (χ4n) is 4.03. The lowest BCUT2D eigenvalue weighted by molar-refractivity contribution is -0.112. The number of aromatic amines is 1. The van der Waals surface area contributed by atoms with Crippen LogP contribution in [0.5, 0.6) is 0 Å². The minimum Gasteiger partial charge on any atom is -0.344 e. The molecule has 0 aliphatic heterocycles. The van der Waals surface area contributed by atoms with Crippen LogP contribution in [0.4, 0.5) is 10.1 Å². The van der Waals surface area contributed by atoms with E-state index in [-0.39, 0.29) is 29.3 Å². The van der Waals surface area contributed by atoms with Gasteiger partial charge in [-0.2, -0.15) is 4.98 Å². The standard InChI is InChI=1S/C30H28FN7O3/c1-16(2)26(39)34-22-9-7-6-8-20(22)24-35-23-19(12-13-32-25(23)36-24)17-10-11-18(21(31)14-17)15-33-27(40)28-37-29(38-41-28)30(3,4)5/h6-14H,1,15H2,2-5H3,(H,33,40)(H,34,39)(H,32,35,36). The number of rotatable bonds is 7. The molecule has 10 nitrogen and oxygen atoms in total. The molecule has 5 aromatic rings. The van der Waals surface area contributed by atoms with E-state index in [1.54, 1.807) is 37.4 Å². The second kappa shape index (κ2) is 10.8. The Bertz CT molecular complexity index is 1800. The lowest BCUT2D eigenvalue weighted by Crippen LogP contribution is -2.24. The average molecular weight is 554 g/mol. The molecular formula is C30H28FN7O3. The number of hydrogen-bond donors (Lipinski definition) is 3. The van der Waals surface area contributed by atoms with Crippen molar-refractivity contribution in [1.29, 1.82) is 0 Å². The number of nitrogens with zero attached hydrogens (tertiary/aromatic N) is 4. The summed E-state index contributed by atoms with van der Waals surface area (Å²) in [5.41, 5.74) is 3.80. The molecule has 2 amide bonds. The molecular weight excluding hydrogens is 525 g/mol. The molecule has 0 bridgehead atoms. The van der Waals surface area contributed by atoms with Crippen molar-refractivity contribution in [2.24, 2.45) is 0 Å². The SMILES string of the molecule is C=C(C)C(=O)Nc1ccccc1-c1nc2c(-c3ccc(CNC(=O)c4nc(C(C)(C)C)no4)c(F)c3)ccnc2[nH]1. The summed E-state index contributed by atoms with van der Waals surface area (Å²) in [6.45, 7) is 11.0. The van der Waals surface area contributed by atoms with E-state index in [1.807, 2.05) is 39.0 Å². The normalized spacial score (nSPS) is 11.4. The third kappa shape index (κ3) is 5.74. The maximum absolute atomic E-state index is 15.2. The van der Waals surface area contributed by atoms with Gasteiger partial charge in [0.1, 0.15) is 17.2 Å². The summed E-state index contributed by atoms with van der Waals surface area (Å²) >= 11 is 0. The molecule has 11 heteroatoms. The third-order valence-corrected chi connectivity index (χ3v) is 6.30. The van der Waals surface area contributed by atoms with Crippen LogP contribution in [-0.2, 0) is 16.8 Å². The molecule has 0 saturated carbocycles. The Hall–Kier alpha value is -5.19. The first-order valence-electron chi connectivity index (χ1n) is 12.8. The van der Waals surface area contributed by atoms with E-state index in [1.165, 1.54) is 6.07 Å². The highest BCUT2D eigenvalue weighted by atomic mass is 19.1. The van der Waals surface area contributed by atoms with Crippen LogP contribution >= 0.6 is 0 Å². The van der Waals surface area contributed by atoms with Crippen LogP contribution in [-0.4, -0.2) is 36.9 Å². The zero-order valence-electron chi connectivity index (χ0n) is 23.0. The number of aromatic nitrogens is 5. The first-order valence-corrected chi connectivity index (χ1v) is 12.8. The van der Waals surface area contributed by atoms with Crippen molar-refractivity contribution in [3.05, 3.63) is 90.0 Å². The second-order valence-corrected chi connectivity index (χ2v) is 10.6. The Morgan fingerprint density at radius 2 is 1.85 bits per heavy atom. The minimum absolute atomic E-state index is 0.0663. The Balaban J connectivity index is 1.38. The number of anilines is 1. The Morgan fingerprint density at radius 1 is 1.07 bits per heavy atom. The number of hydrogen-bond acceptors (Lipinski definition) is 7. The molecule has 5 rings (SSSR count). The van der Waals surface area contributed by atoms with Crippen molar-refractivity contribution in [2.75, 3.05) is 5.32 Å². The van der Waals surface area contributed by atoms with E-state index < -0.39 is 11.7 Å². The van der Waals surface area contributed by atoms with Gasteiger partial charge in [-0.3, -0.25) is 9.59 Å². The zero-order valence-corrected chi connectivity index (χ0v) is 23.0. The molecule has 3 N–H and O–H groups in total. The minimum atomic E-state index is -0.587. The third-order valence-electron chi connectivity index (χ3n) is 6.30. The summed E-state index contributed by atoms with van der Waals surface area (Å²) in [5, 5.41) is 9.30. The average Bonchev–Trinajstić information content (AvgIpc) is 3.60. The van der Waals surface area contributed by atoms with Crippen molar-refractivity contribution in [3.63, 3.8) is 0 Å². The number of para-hydroxylation sites is 1. The van der Waals surface area contributed by atoms with Gasteiger partial charge in [0.05, 0.1) is 5.69 Å². The first-order chi connectivity index (χ1) is 19.5. The van der Waals surface area contributed by atoms with Crippen LogP contribution in [0.2, 0.25) is 0 Å². The van der Waals surface area contributed by atoms with E-state index in [0.717, 1.165) is 0 Å². The monoisotopic (exact) mass is 553 g/mol. The number of carbonyl (C=O) groups is 2. The molecule has 0 spiro atoms. The van der Waals surface area contributed by atoms with Crippen LogP contribution < -0.4 is 10.6 Å². The fourth-order valence-corrected chi connectivity index (χ4v) is 4.03. The molecule has 2 aromatic carbocycles. The van der Waals surface area contributed by atoms with Gasteiger partial charge in [-0.05, 0) is 36.8 Å². The molecule has 0 unspecified atom stereocenters. The zero-order chi connectivity index (χ0) is 29.3. The number of imidazole rings is 1. The van der Waals surface area contributed by atoms with Crippen molar-refractivity contribution < 1.29 is 18.5 Å². The second-order valence-electron chi connectivity index (χ2n) is 10.6. The van der Waals surface area contributed by atoms with Crippen molar-refractivity contribution in [1.82, 2.24) is 30.4 Å². The highest BCUT2D eigenvalue weighted by molar-refractivity contribution is 6.05. The predicted molar refractivity (Wildman–Crippen MR) is 152 cm³/mol. The van der Waals surface area contributed by atoms with E-state index in [0.29, 0.717) is 50.8 Å². The van der Waals surface area contributed by atoms with Crippen LogP contribution in [0.15, 0.2) is 71.4 Å². The van der Waals surface area contributed by atoms with Gasteiger partial charge in [0.15, 0.2) is 11.5 Å². The van der Waals surface area contributed by atoms with E-state index >= 15 is 4.39 Å². The van der Waals surface area contributed by atoms with E-state index in [2.05, 4.69) is 37.3 Å². The number of H-pyrrole nitrogens is 1. The molecule has 208 valence electrons. The number of fused-ring (bicyclic) bond motifs is 1. The van der Waals surface area contributed by atoms with Gasteiger partial charge >= 0.3 is 11.8 Å². The molecule has 3 heterocycles. The highest BCUT2D eigenvalue weighted by Crippen LogP contribution is 2.32. The predicted octanol–water partition coefficient (Wildman–Crippen LogP) is 5.56. The van der Waals surface area contributed by atoms with Gasteiger partial charge in [-0.15, -0.1) is 0 Å². The fraction of sp³-hybridized carbons (Fsp3) is 0.200. The number of carbonyl (C=O) groups excluding carboxylic acids is 2. The molecule has 0 aliphatic carbocycles. The smallest absolute Gasteiger partial charge is 0.315 e. The summed E-state index contributed by atoms with van der Waals surface area (Å²) in [5.74, 6) is -0.669. The quantitative estimate of drug-likeness (QED) is 0.224. The maximum atomic E-state index is 15.2. The van der Waals surface area contributed by atoms with Crippen LogP contribution in [0.3, 0.4) is 0 Å².